The fourth-order valence-corrected chi connectivity index (χ4v) is 4.76. The van der Waals surface area contributed by atoms with Crippen molar-refractivity contribution in [3.63, 3.8) is 0 Å². The molecule has 3 aromatic carbocycles. The van der Waals surface area contributed by atoms with Crippen LogP contribution in [-0.2, 0) is 0 Å². The topological polar surface area (TPSA) is 35.6 Å². The molecular formula is C27H27F2N3O. The molecule has 5 rings (SSSR count). The second kappa shape index (κ2) is 9.32. The summed E-state index contributed by atoms with van der Waals surface area (Å²) in [5.41, 5.74) is 3.17. The molecule has 33 heavy (non-hydrogen) atoms. The summed E-state index contributed by atoms with van der Waals surface area (Å²) in [5.74, 6) is -0.170. The largest absolute Gasteiger partial charge is 0.335 e. The Hall–Kier alpha value is -3.25. The summed E-state index contributed by atoms with van der Waals surface area (Å²) in [6, 6.07) is 23.3. The molecule has 1 aliphatic heterocycles. The van der Waals surface area contributed by atoms with Gasteiger partial charge in [0.1, 0.15) is 11.6 Å². The Morgan fingerprint density at radius 2 is 1.33 bits per heavy atom. The van der Waals surface area contributed by atoms with Gasteiger partial charge in [-0.25, -0.2) is 13.6 Å². The van der Waals surface area contributed by atoms with Crippen LogP contribution in [0.4, 0.5) is 13.6 Å². The van der Waals surface area contributed by atoms with E-state index in [1.807, 2.05) is 23.1 Å². The predicted molar refractivity (Wildman–Crippen MR) is 124 cm³/mol. The van der Waals surface area contributed by atoms with E-state index in [0.717, 1.165) is 17.5 Å². The number of carbonyl (C=O) groups is 1. The highest BCUT2D eigenvalue weighted by Crippen LogP contribution is 2.40. The average molecular weight is 448 g/mol. The van der Waals surface area contributed by atoms with Gasteiger partial charge >= 0.3 is 6.03 Å². The first-order valence-electron chi connectivity index (χ1n) is 11.4. The molecule has 1 aliphatic carbocycles. The van der Waals surface area contributed by atoms with E-state index in [0.29, 0.717) is 32.1 Å². The minimum Gasteiger partial charge on any atom is -0.335 e. The van der Waals surface area contributed by atoms with Crippen molar-refractivity contribution >= 4 is 6.03 Å². The maximum atomic E-state index is 13.5. The highest BCUT2D eigenvalue weighted by Gasteiger charge is 2.40. The molecule has 1 N–H and O–H groups in total. The minimum atomic E-state index is -0.285. The van der Waals surface area contributed by atoms with Crippen molar-refractivity contribution in [3.05, 3.63) is 107 Å². The smallest absolute Gasteiger partial charge is 0.317 e. The summed E-state index contributed by atoms with van der Waals surface area (Å²) in [5, 5.41) is 3.18. The van der Waals surface area contributed by atoms with Crippen molar-refractivity contribution in [2.75, 3.05) is 26.2 Å². The van der Waals surface area contributed by atoms with Gasteiger partial charge in [0.25, 0.3) is 0 Å². The maximum absolute atomic E-state index is 13.5. The van der Waals surface area contributed by atoms with E-state index in [1.54, 1.807) is 24.3 Å². The zero-order valence-electron chi connectivity index (χ0n) is 18.3. The number of amides is 2. The molecule has 6 heteroatoms. The summed E-state index contributed by atoms with van der Waals surface area (Å²) in [7, 11) is 0. The van der Waals surface area contributed by atoms with Crippen molar-refractivity contribution in [1.29, 1.82) is 0 Å². The molecule has 2 aliphatic rings. The fraction of sp³-hybridized carbons (Fsp3) is 0.296. The van der Waals surface area contributed by atoms with Gasteiger partial charge in [-0.3, -0.25) is 4.90 Å². The number of nitrogens with zero attached hydrogens (tertiary/aromatic N) is 2. The van der Waals surface area contributed by atoms with Crippen LogP contribution in [-0.4, -0.2) is 48.1 Å². The first-order chi connectivity index (χ1) is 16.1. The van der Waals surface area contributed by atoms with Gasteiger partial charge in [-0.05, 0) is 47.4 Å². The molecule has 2 amide bonds. The first kappa shape index (κ1) is 21.6. The quantitative estimate of drug-likeness (QED) is 0.602. The lowest BCUT2D eigenvalue weighted by molar-refractivity contribution is 0.120. The molecule has 1 saturated heterocycles. The number of rotatable bonds is 5. The molecule has 1 saturated carbocycles. The second-order valence-electron chi connectivity index (χ2n) is 8.84. The number of hydrogen-bond acceptors (Lipinski definition) is 2. The monoisotopic (exact) mass is 447 g/mol. The molecule has 0 bridgehead atoms. The van der Waals surface area contributed by atoms with Crippen molar-refractivity contribution in [3.8, 4) is 0 Å². The highest BCUT2D eigenvalue weighted by molar-refractivity contribution is 5.75. The summed E-state index contributed by atoms with van der Waals surface area (Å²) in [4.78, 5) is 17.0. The number of piperazine rings is 1. The third kappa shape index (κ3) is 4.91. The van der Waals surface area contributed by atoms with Gasteiger partial charge in [0.05, 0.1) is 6.04 Å². The van der Waals surface area contributed by atoms with E-state index in [1.165, 1.54) is 29.8 Å². The zero-order valence-corrected chi connectivity index (χ0v) is 18.3. The lowest BCUT2D eigenvalue weighted by Crippen LogP contribution is -2.53. The Morgan fingerprint density at radius 1 is 0.788 bits per heavy atom. The number of benzene rings is 3. The van der Waals surface area contributed by atoms with E-state index in [2.05, 4.69) is 22.3 Å². The summed E-state index contributed by atoms with van der Waals surface area (Å²) < 4.78 is 27.0. The fourth-order valence-electron chi connectivity index (χ4n) is 4.76. The second-order valence-corrected chi connectivity index (χ2v) is 8.84. The van der Waals surface area contributed by atoms with Gasteiger partial charge in [-0.1, -0.05) is 54.6 Å². The highest BCUT2D eigenvalue weighted by atomic mass is 19.1. The molecule has 4 nitrogen and oxygen atoms in total. The molecule has 2 atom stereocenters. The van der Waals surface area contributed by atoms with Crippen LogP contribution in [0.25, 0.3) is 0 Å². The lowest BCUT2D eigenvalue weighted by Gasteiger charge is -2.39. The normalized spacial score (nSPS) is 20.6. The molecule has 0 aromatic heterocycles. The number of halogens is 2. The first-order valence-corrected chi connectivity index (χ1v) is 11.4. The molecule has 0 radical (unpaired) electrons. The molecule has 170 valence electrons. The third-order valence-corrected chi connectivity index (χ3v) is 6.67. The Labute approximate surface area is 192 Å². The molecular weight excluding hydrogens is 420 g/mol. The van der Waals surface area contributed by atoms with E-state index in [9.17, 15) is 13.6 Å². The Balaban J connectivity index is 1.23. The molecule has 3 aromatic rings. The molecule has 0 spiro atoms. The van der Waals surface area contributed by atoms with Crippen molar-refractivity contribution in [1.82, 2.24) is 15.1 Å². The van der Waals surface area contributed by atoms with Crippen LogP contribution in [0.2, 0.25) is 0 Å². The molecule has 1 unspecified atom stereocenters. The van der Waals surface area contributed by atoms with Crippen LogP contribution in [0.15, 0.2) is 78.9 Å². The van der Waals surface area contributed by atoms with Gasteiger partial charge in [0.15, 0.2) is 0 Å². The van der Waals surface area contributed by atoms with Crippen LogP contribution in [0, 0.1) is 11.6 Å². The minimum absolute atomic E-state index is 0.0156. The van der Waals surface area contributed by atoms with Gasteiger partial charge in [-0.15, -0.1) is 0 Å². The number of carbonyl (C=O) groups excluding carboxylic acids is 1. The SMILES string of the molecule is O=C(NC1C[C@H]1c1ccccc1)N1CCN(C(c2ccc(F)cc2)c2ccc(F)cc2)CC1. The van der Waals surface area contributed by atoms with Gasteiger partial charge in [0.2, 0.25) is 0 Å². The lowest BCUT2D eigenvalue weighted by atomic mass is 9.96. The van der Waals surface area contributed by atoms with Crippen LogP contribution in [0.1, 0.15) is 35.1 Å². The number of urea groups is 1. The molecule has 1 heterocycles. The Kier molecular flexibility index (Phi) is 6.09. The zero-order chi connectivity index (χ0) is 22.8. The van der Waals surface area contributed by atoms with Crippen LogP contribution < -0.4 is 5.32 Å². The Bertz CT molecular complexity index is 1040. The summed E-state index contributed by atoms with van der Waals surface area (Å²) >= 11 is 0. The number of nitrogens with one attached hydrogen (secondary N) is 1. The maximum Gasteiger partial charge on any atom is 0.317 e. The van der Waals surface area contributed by atoms with E-state index >= 15 is 0 Å². The predicted octanol–water partition coefficient (Wildman–Crippen LogP) is 4.94. The van der Waals surface area contributed by atoms with Crippen molar-refractivity contribution in [2.24, 2.45) is 0 Å². The van der Waals surface area contributed by atoms with Crippen molar-refractivity contribution < 1.29 is 13.6 Å². The van der Waals surface area contributed by atoms with Gasteiger partial charge in [0, 0.05) is 38.1 Å². The third-order valence-electron chi connectivity index (χ3n) is 6.67. The van der Waals surface area contributed by atoms with Crippen LogP contribution in [0.3, 0.4) is 0 Å². The van der Waals surface area contributed by atoms with Gasteiger partial charge < -0.3 is 10.2 Å². The van der Waals surface area contributed by atoms with Crippen molar-refractivity contribution in [2.45, 2.75) is 24.4 Å². The summed E-state index contributed by atoms with van der Waals surface area (Å²) in [6.07, 6.45) is 0.979. The van der Waals surface area contributed by atoms with E-state index in [4.69, 9.17) is 0 Å². The number of hydrogen-bond donors (Lipinski definition) is 1. The summed E-state index contributed by atoms with van der Waals surface area (Å²) in [6.45, 7) is 2.57. The van der Waals surface area contributed by atoms with Crippen LogP contribution in [0.5, 0.6) is 0 Å². The Morgan fingerprint density at radius 3 is 1.88 bits per heavy atom. The van der Waals surface area contributed by atoms with Crippen LogP contribution >= 0.6 is 0 Å². The molecule has 2 fully saturated rings. The average Bonchev–Trinajstić information content (AvgIpc) is 3.62. The van der Waals surface area contributed by atoms with E-state index in [-0.39, 0.29) is 29.7 Å². The standard InChI is InChI=1S/C27H27F2N3O/c28-22-10-6-20(7-11-22)26(21-8-12-23(29)13-9-21)31-14-16-32(17-15-31)27(33)30-25-18-24(25)19-4-2-1-3-5-19/h1-13,24-26H,14-18H2,(H,30,33)/t24-,25?/m0/s1. The van der Waals surface area contributed by atoms with Gasteiger partial charge in [-0.2, -0.15) is 0 Å². The van der Waals surface area contributed by atoms with E-state index < -0.39 is 0 Å².